The van der Waals surface area contributed by atoms with Crippen LogP contribution in [0.4, 0.5) is 0 Å². The summed E-state index contributed by atoms with van der Waals surface area (Å²) in [5.74, 6) is 2.18. The molecule has 27 heavy (non-hydrogen) atoms. The Morgan fingerprint density at radius 1 is 1.11 bits per heavy atom. The molecule has 3 aliphatic rings. The molecular formula is C23H37N3O. The van der Waals surface area contributed by atoms with Gasteiger partial charge in [0, 0.05) is 19.1 Å². The molecule has 3 unspecified atom stereocenters. The van der Waals surface area contributed by atoms with Crippen LogP contribution >= 0.6 is 0 Å². The van der Waals surface area contributed by atoms with Crippen molar-refractivity contribution in [1.82, 2.24) is 10.2 Å². The highest BCUT2D eigenvalue weighted by atomic mass is 16.5. The minimum atomic E-state index is 0.715. The van der Waals surface area contributed by atoms with E-state index in [1.165, 1.54) is 45.2 Å². The molecule has 4 nitrogen and oxygen atoms in total. The molecule has 1 aliphatic heterocycles. The van der Waals surface area contributed by atoms with Crippen molar-refractivity contribution in [2.75, 3.05) is 39.4 Å². The Kier molecular flexibility index (Phi) is 10.4. The monoisotopic (exact) mass is 371 g/mol. The van der Waals surface area contributed by atoms with Crippen LogP contribution in [0, 0.1) is 23.2 Å². The summed E-state index contributed by atoms with van der Waals surface area (Å²) in [7, 11) is 0. The Morgan fingerprint density at radius 3 is 2.41 bits per heavy atom. The number of hydrogen-bond donors (Lipinski definition) is 1. The van der Waals surface area contributed by atoms with Crippen LogP contribution in [0.1, 0.15) is 51.5 Å². The van der Waals surface area contributed by atoms with E-state index in [-0.39, 0.29) is 0 Å². The topological polar surface area (TPSA) is 48.3 Å². The minimum absolute atomic E-state index is 0.715. The maximum Gasteiger partial charge on any atom is 0.0991 e. The van der Waals surface area contributed by atoms with Gasteiger partial charge >= 0.3 is 0 Å². The number of nitrogens with zero attached hydrogens (tertiary/aromatic N) is 2. The number of unbranched alkanes of at least 4 members (excludes halogenated alkanes) is 1. The maximum absolute atomic E-state index is 8.29. The molecule has 1 aromatic rings. The van der Waals surface area contributed by atoms with Crippen molar-refractivity contribution in [3.05, 3.63) is 35.9 Å². The third kappa shape index (κ3) is 8.01. The molecule has 1 N–H and O–H groups in total. The zero-order valence-corrected chi connectivity index (χ0v) is 17.2. The Morgan fingerprint density at radius 2 is 1.85 bits per heavy atom. The van der Waals surface area contributed by atoms with Crippen molar-refractivity contribution in [2.45, 2.75) is 52.0 Å². The molecule has 2 saturated carbocycles. The molecule has 150 valence electrons. The SMILES string of the molecule is C(CCN1CCOCC1)CNC1CCC2CC21.CC.N#Cc1ccccc1. The van der Waals surface area contributed by atoms with E-state index in [1.54, 1.807) is 12.1 Å². The summed E-state index contributed by atoms with van der Waals surface area (Å²) in [6.45, 7) is 10.6. The summed E-state index contributed by atoms with van der Waals surface area (Å²) >= 11 is 0. The first-order valence-corrected chi connectivity index (χ1v) is 10.9. The fraction of sp³-hybridized carbons (Fsp3) is 0.696. The number of ether oxygens (including phenoxy) is 1. The molecule has 0 amide bonds. The van der Waals surface area contributed by atoms with Crippen molar-refractivity contribution in [1.29, 1.82) is 5.26 Å². The lowest BCUT2D eigenvalue weighted by Gasteiger charge is -2.26. The molecule has 4 rings (SSSR count). The zero-order chi connectivity index (χ0) is 19.3. The number of rotatable bonds is 6. The second-order valence-corrected chi connectivity index (χ2v) is 7.44. The van der Waals surface area contributed by atoms with Gasteiger partial charge in [-0.3, -0.25) is 4.90 Å². The van der Waals surface area contributed by atoms with E-state index in [2.05, 4.69) is 10.2 Å². The standard InChI is InChI=1S/C14H26N2O.C7H5N.C2H6/c1(2-6-16-7-9-17-10-8-16)5-15-14-4-3-12-11-13(12)14;8-6-7-4-2-1-3-5-7;1-2/h12-15H,1-11H2;1-5H;1-2H3. The van der Waals surface area contributed by atoms with Gasteiger partial charge in [0.05, 0.1) is 24.8 Å². The Balaban J connectivity index is 0.000000220. The van der Waals surface area contributed by atoms with Crippen LogP contribution in [-0.4, -0.2) is 50.3 Å². The second-order valence-electron chi connectivity index (χ2n) is 7.44. The van der Waals surface area contributed by atoms with E-state index in [0.717, 1.165) is 44.2 Å². The second kappa shape index (κ2) is 12.9. The summed E-state index contributed by atoms with van der Waals surface area (Å²) in [6.07, 6.45) is 7.14. The van der Waals surface area contributed by atoms with Crippen LogP contribution in [0.25, 0.3) is 0 Å². The number of fused-ring (bicyclic) bond motifs is 1. The van der Waals surface area contributed by atoms with Gasteiger partial charge in [-0.05, 0) is 69.2 Å². The van der Waals surface area contributed by atoms with Crippen LogP contribution in [0.3, 0.4) is 0 Å². The number of morpholine rings is 1. The first-order valence-electron chi connectivity index (χ1n) is 10.9. The Labute approximate surface area is 165 Å². The molecule has 0 bridgehead atoms. The lowest BCUT2D eigenvalue weighted by molar-refractivity contribution is 0.0372. The van der Waals surface area contributed by atoms with Gasteiger partial charge in [0.1, 0.15) is 0 Å². The van der Waals surface area contributed by atoms with Crippen molar-refractivity contribution in [3.8, 4) is 6.07 Å². The third-order valence-electron chi connectivity index (χ3n) is 5.66. The highest BCUT2D eigenvalue weighted by molar-refractivity contribution is 5.27. The van der Waals surface area contributed by atoms with E-state index < -0.39 is 0 Å². The Hall–Kier alpha value is -1.41. The van der Waals surface area contributed by atoms with Gasteiger partial charge in [0.25, 0.3) is 0 Å². The number of nitriles is 1. The predicted molar refractivity (Wildman–Crippen MR) is 112 cm³/mol. The number of nitrogens with one attached hydrogen (secondary N) is 1. The van der Waals surface area contributed by atoms with E-state index >= 15 is 0 Å². The molecule has 3 fully saturated rings. The van der Waals surface area contributed by atoms with Crippen LogP contribution in [0.2, 0.25) is 0 Å². The van der Waals surface area contributed by atoms with E-state index in [9.17, 15) is 0 Å². The van der Waals surface area contributed by atoms with Crippen molar-refractivity contribution >= 4 is 0 Å². The van der Waals surface area contributed by atoms with Gasteiger partial charge in [-0.2, -0.15) is 5.26 Å². The zero-order valence-electron chi connectivity index (χ0n) is 17.2. The Bertz CT molecular complexity index is 536. The third-order valence-corrected chi connectivity index (χ3v) is 5.66. The summed E-state index contributed by atoms with van der Waals surface area (Å²) < 4.78 is 5.36. The lowest BCUT2D eigenvalue weighted by Crippen LogP contribution is -2.37. The number of benzene rings is 1. The average molecular weight is 372 g/mol. The van der Waals surface area contributed by atoms with Crippen molar-refractivity contribution in [3.63, 3.8) is 0 Å². The molecular weight excluding hydrogens is 334 g/mol. The highest BCUT2D eigenvalue weighted by Crippen LogP contribution is 2.51. The van der Waals surface area contributed by atoms with Gasteiger partial charge in [-0.25, -0.2) is 0 Å². The van der Waals surface area contributed by atoms with E-state index in [1.807, 2.05) is 38.1 Å². The average Bonchev–Trinajstić information content (AvgIpc) is 3.43. The smallest absolute Gasteiger partial charge is 0.0991 e. The summed E-state index contributed by atoms with van der Waals surface area (Å²) in [5, 5.41) is 12.1. The summed E-state index contributed by atoms with van der Waals surface area (Å²) in [6, 6.07) is 12.0. The van der Waals surface area contributed by atoms with E-state index in [0.29, 0.717) is 5.56 Å². The normalized spacial score (nSPS) is 25.9. The minimum Gasteiger partial charge on any atom is -0.379 e. The number of hydrogen-bond acceptors (Lipinski definition) is 4. The summed E-state index contributed by atoms with van der Waals surface area (Å²) in [5.41, 5.74) is 0.715. The van der Waals surface area contributed by atoms with Gasteiger partial charge in [0.2, 0.25) is 0 Å². The van der Waals surface area contributed by atoms with Gasteiger partial charge in [-0.1, -0.05) is 32.0 Å². The molecule has 0 spiro atoms. The van der Waals surface area contributed by atoms with Crippen LogP contribution in [0.15, 0.2) is 30.3 Å². The maximum atomic E-state index is 8.29. The van der Waals surface area contributed by atoms with Crippen LogP contribution < -0.4 is 5.32 Å². The van der Waals surface area contributed by atoms with Crippen molar-refractivity contribution < 1.29 is 4.74 Å². The molecule has 3 atom stereocenters. The van der Waals surface area contributed by atoms with E-state index in [4.69, 9.17) is 10.00 Å². The predicted octanol–water partition coefficient (Wildman–Crippen LogP) is 4.07. The van der Waals surface area contributed by atoms with Gasteiger partial charge < -0.3 is 10.1 Å². The van der Waals surface area contributed by atoms with Gasteiger partial charge in [-0.15, -0.1) is 0 Å². The van der Waals surface area contributed by atoms with Gasteiger partial charge in [0.15, 0.2) is 0 Å². The molecule has 4 heteroatoms. The quantitative estimate of drug-likeness (QED) is 0.766. The first kappa shape index (κ1) is 21.9. The molecule has 0 radical (unpaired) electrons. The lowest BCUT2D eigenvalue weighted by atomic mass is 10.1. The molecule has 0 aromatic heterocycles. The fourth-order valence-electron chi connectivity index (χ4n) is 4.04. The molecule has 1 heterocycles. The fourth-order valence-corrected chi connectivity index (χ4v) is 4.04. The molecule has 2 aliphatic carbocycles. The largest absolute Gasteiger partial charge is 0.379 e. The summed E-state index contributed by atoms with van der Waals surface area (Å²) in [4.78, 5) is 2.54. The molecule has 1 saturated heterocycles. The van der Waals surface area contributed by atoms with Crippen molar-refractivity contribution in [2.24, 2.45) is 11.8 Å². The van der Waals surface area contributed by atoms with Crippen LogP contribution in [-0.2, 0) is 4.74 Å². The van der Waals surface area contributed by atoms with Crippen LogP contribution in [0.5, 0.6) is 0 Å². The molecule has 1 aromatic carbocycles. The first-order chi connectivity index (χ1) is 13.4. The highest BCUT2D eigenvalue weighted by Gasteiger charge is 2.47.